The normalized spacial score (nSPS) is 26.3. The number of methoxy groups -OCH3 is 1. The van der Waals surface area contributed by atoms with Gasteiger partial charge in [0.25, 0.3) is 0 Å². The van der Waals surface area contributed by atoms with E-state index in [2.05, 4.69) is 43.3 Å². The molecule has 7 nitrogen and oxygen atoms in total. The van der Waals surface area contributed by atoms with E-state index in [9.17, 15) is 4.79 Å². The lowest BCUT2D eigenvalue weighted by atomic mass is 9.79. The number of ether oxygens (including phenoxy) is 1. The number of carbonyl (C=O) groups excluding carboxylic acids is 1. The van der Waals surface area contributed by atoms with Crippen LogP contribution in [0.1, 0.15) is 62.0 Å². The van der Waals surface area contributed by atoms with Gasteiger partial charge >= 0.3 is 0 Å². The smallest absolute Gasteiger partial charge is 0.225 e. The van der Waals surface area contributed by atoms with Gasteiger partial charge in [0.15, 0.2) is 0 Å². The number of nitrogens with one attached hydrogen (secondary N) is 1. The van der Waals surface area contributed by atoms with Crippen molar-refractivity contribution >= 4 is 11.9 Å². The van der Waals surface area contributed by atoms with Gasteiger partial charge in [-0.05, 0) is 49.8 Å². The van der Waals surface area contributed by atoms with Gasteiger partial charge < -0.3 is 15.0 Å². The third-order valence-corrected chi connectivity index (χ3v) is 7.51. The summed E-state index contributed by atoms with van der Waals surface area (Å²) in [6, 6.07) is 8.33. The first kappa shape index (κ1) is 22.1. The molecule has 2 atom stereocenters. The number of likely N-dealkylation sites (tertiary alicyclic amines) is 1. The molecule has 0 unspecified atom stereocenters. The molecule has 1 aromatic heterocycles. The number of hydrogen-bond donors (Lipinski definition) is 1. The van der Waals surface area contributed by atoms with E-state index in [-0.39, 0.29) is 17.4 Å². The Morgan fingerprint density at radius 2 is 1.94 bits per heavy atom. The lowest BCUT2D eigenvalue weighted by Gasteiger charge is -2.35. The van der Waals surface area contributed by atoms with Gasteiger partial charge in [-0.1, -0.05) is 18.6 Å². The molecule has 176 valence electrons. The van der Waals surface area contributed by atoms with Crippen LogP contribution in [0, 0.1) is 0 Å². The van der Waals surface area contributed by atoms with Crippen molar-refractivity contribution in [3.8, 4) is 5.75 Å². The topological polar surface area (TPSA) is 70.6 Å². The molecule has 1 amide bonds. The SMILES string of the molecule is COc1cccc([C@@H]2CN(Cc3cnc(N4CCCCC4)nc3)C[C@]23CCCCC(=O)N3)c1. The fourth-order valence-electron chi connectivity index (χ4n) is 5.86. The number of nitrogens with zero attached hydrogens (tertiary/aromatic N) is 4. The molecule has 3 aliphatic rings. The van der Waals surface area contributed by atoms with Crippen molar-refractivity contribution in [1.82, 2.24) is 20.2 Å². The van der Waals surface area contributed by atoms with Crippen molar-refractivity contribution in [1.29, 1.82) is 0 Å². The van der Waals surface area contributed by atoms with Gasteiger partial charge in [0.1, 0.15) is 5.75 Å². The monoisotopic (exact) mass is 449 g/mol. The van der Waals surface area contributed by atoms with E-state index >= 15 is 0 Å². The van der Waals surface area contributed by atoms with E-state index < -0.39 is 0 Å². The number of piperidine rings is 1. The standard InChI is InChI=1S/C26H35N5O2/c1-33-22-9-7-8-21(14-22)23-18-30(19-26(23)11-4-3-10-24(32)29-26)17-20-15-27-25(28-16-20)31-12-5-2-6-13-31/h7-9,14-16,23H,2-6,10-13,17-19H2,1H3,(H,29,32)/t23-,26+/m0/s1. The average Bonchev–Trinajstić information content (AvgIpc) is 3.08. The van der Waals surface area contributed by atoms with Gasteiger partial charge in [-0.2, -0.15) is 0 Å². The number of amides is 1. The van der Waals surface area contributed by atoms with E-state index in [0.717, 1.165) is 69.2 Å². The molecule has 4 heterocycles. The van der Waals surface area contributed by atoms with Crippen molar-refractivity contribution in [2.75, 3.05) is 38.2 Å². The summed E-state index contributed by atoms with van der Waals surface area (Å²) in [5.74, 6) is 2.11. The van der Waals surface area contributed by atoms with E-state index in [1.54, 1.807) is 7.11 Å². The summed E-state index contributed by atoms with van der Waals surface area (Å²) in [6.07, 6.45) is 11.4. The first-order chi connectivity index (χ1) is 16.1. The molecule has 5 rings (SSSR count). The molecule has 0 radical (unpaired) electrons. The Labute approximate surface area is 196 Å². The number of aromatic nitrogens is 2. The van der Waals surface area contributed by atoms with Crippen LogP contribution in [-0.2, 0) is 11.3 Å². The van der Waals surface area contributed by atoms with Gasteiger partial charge in [-0.25, -0.2) is 9.97 Å². The predicted octanol–water partition coefficient (Wildman–Crippen LogP) is 3.50. The number of anilines is 1. The maximum atomic E-state index is 12.6. The zero-order valence-electron chi connectivity index (χ0n) is 19.6. The molecular weight excluding hydrogens is 414 g/mol. The Balaban J connectivity index is 1.36. The molecule has 1 aromatic carbocycles. The minimum absolute atomic E-state index is 0.177. The predicted molar refractivity (Wildman–Crippen MR) is 128 cm³/mol. The first-order valence-corrected chi connectivity index (χ1v) is 12.4. The van der Waals surface area contributed by atoms with Crippen molar-refractivity contribution in [3.63, 3.8) is 0 Å². The molecular formula is C26H35N5O2. The molecule has 0 bridgehead atoms. The van der Waals surface area contributed by atoms with Crippen molar-refractivity contribution in [3.05, 3.63) is 47.8 Å². The first-order valence-electron chi connectivity index (χ1n) is 12.4. The van der Waals surface area contributed by atoms with Crippen LogP contribution in [0.5, 0.6) is 5.75 Å². The van der Waals surface area contributed by atoms with Crippen LogP contribution < -0.4 is 15.0 Å². The number of hydrogen-bond acceptors (Lipinski definition) is 6. The van der Waals surface area contributed by atoms with Crippen LogP contribution in [0.2, 0.25) is 0 Å². The quantitative estimate of drug-likeness (QED) is 0.753. The Bertz CT molecular complexity index is 959. The van der Waals surface area contributed by atoms with Crippen molar-refractivity contribution in [2.24, 2.45) is 0 Å². The average molecular weight is 450 g/mol. The molecule has 33 heavy (non-hydrogen) atoms. The second kappa shape index (κ2) is 9.67. The summed E-state index contributed by atoms with van der Waals surface area (Å²) >= 11 is 0. The Kier molecular flexibility index (Phi) is 6.49. The zero-order chi connectivity index (χ0) is 22.7. The van der Waals surface area contributed by atoms with Crippen LogP contribution in [0.25, 0.3) is 0 Å². The molecule has 2 aromatic rings. The molecule has 0 aliphatic carbocycles. The minimum Gasteiger partial charge on any atom is -0.497 e. The summed E-state index contributed by atoms with van der Waals surface area (Å²) in [6.45, 7) is 4.63. The molecule has 3 saturated heterocycles. The lowest BCUT2D eigenvalue weighted by molar-refractivity contribution is -0.122. The summed E-state index contributed by atoms with van der Waals surface area (Å²) in [4.78, 5) is 26.7. The van der Waals surface area contributed by atoms with Gasteiger partial charge in [0.2, 0.25) is 11.9 Å². The van der Waals surface area contributed by atoms with Gasteiger partial charge in [0, 0.05) is 63.0 Å². The summed E-state index contributed by atoms with van der Waals surface area (Å²) in [5, 5.41) is 3.45. The van der Waals surface area contributed by atoms with Gasteiger partial charge in [-0.15, -0.1) is 0 Å². The highest BCUT2D eigenvalue weighted by Gasteiger charge is 2.48. The molecule has 3 fully saturated rings. The molecule has 1 N–H and O–H groups in total. The second-order valence-corrected chi connectivity index (χ2v) is 9.85. The number of carbonyl (C=O) groups is 1. The molecule has 1 spiro atoms. The Morgan fingerprint density at radius 3 is 2.73 bits per heavy atom. The van der Waals surface area contributed by atoms with E-state index in [0.29, 0.717) is 6.42 Å². The van der Waals surface area contributed by atoms with Crippen molar-refractivity contribution < 1.29 is 9.53 Å². The summed E-state index contributed by atoms with van der Waals surface area (Å²) in [5.41, 5.74) is 2.11. The fourth-order valence-corrected chi connectivity index (χ4v) is 5.86. The highest BCUT2D eigenvalue weighted by molar-refractivity contribution is 5.77. The molecule has 0 saturated carbocycles. The van der Waals surface area contributed by atoms with Gasteiger partial charge in [-0.3, -0.25) is 9.69 Å². The summed E-state index contributed by atoms with van der Waals surface area (Å²) in [7, 11) is 1.71. The Morgan fingerprint density at radius 1 is 1.12 bits per heavy atom. The maximum absolute atomic E-state index is 12.6. The van der Waals surface area contributed by atoms with Gasteiger partial charge in [0.05, 0.1) is 12.6 Å². The highest BCUT2D eigenvalue weighted by Crippen LogP contribution is 2.42. The van der Waals surface area contributed by atoms with E-state index in [4.69, 9.17) is 4.74 Å². The number of benzene rings is 1. The number of rotatable bonds is 5. The zero-order valence-corrected chi connectivity index (χ0v) is 19.6. The van der Waals surface area contributed by atoms with Crippen LogP contribution in [0.15, 0.2) is 36.7 Å². The van der Waals surface area contributed by atoms with Crippen LogP contribution in [0.3, 0.4) is 0 Å². The fraction of sp³-hybridized carbons (Fsp3) is 0.577. The van der Waals surface area contributed by atoms with E-state index in [1.807, 2.05) is 18.5 Å². The van der Waals surface area contributed by atoms with E-state index in [1.165, 1.54) is 24.8 Å². The molecule has 3 aliphatic heterocycles. The second-order valence-electron chi connectivity index (χ2n) is 9.85. The maximum Gasteiger partial charge on any atom is 0.225 e. The van der Waals surface area contributed by atoms with Crippen LogP contribution in [0.4, 0.5) is 5.95 Å². The Hall–Kier alpha value is -2.67. The lowest BCUT2D eigenvalue weighted by Crippen LogP contribution is -2.52. The molecule has 7 heteroatoms. The van der Waals surface area contributed by atoms with Crippen LogP contribution in [-0.4, -0.2) is 59.6 Å². The minimum atomic E-state index is -0.242. The largest absolute Gasteiger partial charge is 0.497 e. The highest BCUT2D eigenvalue weighted by atomic mass is 16.5. The van der Waals surface area contributed by atoms with Crippen LogP contribution >= 0.6 is 0 Å². The van der Waals surface area contributed by atoms with Crippen molar-refractivity contribution in [2.45, 2.75) is 62.9 Å². The summed E-state index contributed by atoms with van der Waals surface area (Å²) < 4.78 is 5.50. The third-order valence-electron chi connectivity index (χ3n) is 7.51. The third kappa shape index (κ3) is 4.83.